The summed E-state index contributed by atoms with van der Waals surface area (Å²) in [4.78, 5) is 0. The van der Waals surface area contributed by atoms with E-state index in [0.717, 1.165) is 18.8 Å². The lowest BCUT2D eigenvalue weighted by Crippen LogP contribution is -2.08. The van der Waals surface area contributed by atoms with Crippen LogP contribution >= 0.6 is 0 Å². The number of rotatable bonds is 4. The maximum atomic E-state index is 5.33. The Morgan fingerprint density at radius 2 is 2.19 bits per heavy atom. The van der Waals surface area contributed by atoms with Crippen LogP contribution in [0.5, 0.6) is 5.75 Å². The second kappa shape index (κ2) is 5.32. The number of ether oxygens (including phenoxy) is 2. The van der Waals surface area contributed by atoms with Crippen LogP contribution in [0, 0.1) is 0 Å². The Morgan fingerprint density at radius 1 is 1.31 bits per heavy atom. The van der Waals surface area contributed by atoms with Crippen LogP contribution in [0.4, 0.5) is 0 Å². The number of nitrogens with one attached hydrogen (secondary N) is 1. The highest BCUT2D eigenvalue weighted by molar-refractivity contribution is 5.36. The Hall–Kier alpha value is -1.06. The first-order chi connectivity index (χ1) is 7.83. The molecule has 1 N–H and O–H groups in total. The summed E-state index contributed by atoms with van der Waals surface area (Å²) in [6, 6.07) is 6.40. The summed E-state index contributed by atoms with van der Waals surface area (Å²) in [5.41, 5.74) is 2.54. The van der Waals surface area contributed by atoms with Crippen molar-refractivity contribution in [1.82, 2.24) is 5.32 Å². The van der Waals surface area contributed by atoms with Crippen molar-refractivity contribution in [3.8, 4) is 5.75 Å². The van der Waals surface area contributed by atoms with E-state index in [4.69, 9.17) is 9.47 Å². The lowest BCUT2D eigenvalue weighted by atomic mass is 9.96. The van der Waals surface area contributed by atoms with Gasteiger partial charge in [-0.05, 0) is 42.1 Å². The monoisotopic (exact) mass is 221 g/mol. The molecule has 1 aromatic rings. The van der Waals surface area contributed by atoms with Gasteiger partial charge in [-0.3, -0.25) is 0 Å². The fraction of sp³-hybridized carbons (Fsp3) is 0.538. The van der Waals surface area contributed by atoms with Crippen molar-refractivity contribution >= 4 is 0 Å². The van der Waals surface area contributed by atoms with Crippen molar-refractivity contribution in [2.75, 3.05) is 27.3 Å². The van der Waals surface area contributed by atoms with Crippen LogP contribution in [-0.4, -0.2) is 27.3 Å². The van der Waals surface area contributed by atoms with E-state index >= 15 is 0 Å². The zero-order chi connectivity index (χ0) is 11.4. The highest BCUT2D eigenvalue weighted by atomic mass is 16.5. The molecule has 88 valence electrons. The van der Waals surface area contributed by atoms with Crippen LogP contribution in [0.2, 0.25) is 0 Å². The van der Waals surface area contributed by atoms with Gasteiger partial charge in [-0.15, -0.1) is 0 Å². The Bertz CT molecular complexity index is 346. The van der Waals surface area contributed by atoms with Crippen molar-refractivity contribution in [2.24, 2.45) is 0 Å². The van der Waals surface area contributed by atoms with Gasteiger partial charge in [-0.1, -0.05) is 6.07 Å². The van der Waals surface area contributed by atoms with Crippen molar-refractivity contribution in [3.05, 3.63) is 29.3 Å². The third-order valence-electron chi connectivity index (χ3n) is 3.07. The van der Waals surface area contributed by atoms with E-state index in [9.17, 15) is 0 Å². The fourth-order valence-corrected chi connectivity index (χ4v) is 2.23. The Kier molecular flexibility index (Phi) is 3.80. The molecular weight excluding hydrogens is 202 g/mol. The maximum Gasteiger partial charge on any atom is 0.119 e. The van der Waals surface area contributed by atoms with E-state index in [1.165, 1.54) is 17.5 Å². The van der Waals surface area contributed by atoms with Crippen molar-refractivity contribution in [3.63, 3.8) is 0 Å². The molecule has 1 unspecified atom stereocenters. The quantitative estimate of drug-likeness (QED) is 0.842. The van der Waals surface area contributed by atoms with Crippen LogP contribution in [0.15, 0.2) is 18.2 Å². The minimum atomic E-state index is 0.616. The zero-order valence-electron chi connectivity index (χ0n) is 9.95. The van der Waals surface area contributed by atoms with Crippen molar-refractivity contribution in [1.29, 1.82) is 0 Å². The standard InChI is InChI=1S/C13H19NO2/c1-15-9-10-5-12(7-13(6-10)16-2)11-3-4-14-8-11/h5-7,11,14H,3-4,8-9H2,1-2H3. The van der Waals surface area contributed by atoms with Crippen LogP contribution < -0.4 is 10.1 Å². The average Bonchev–Trinajstić information content (AvgIpc) is 2.82. The molecule has 1 aromatic carbocycles. The van der Waals surface area contributed by atoms with Gasteiger partial charge in [0, 0.05) is 13.7 Å². The van der Waals surface area contributed by atoms with Gasteiger partial charge in [0.25, 0.3) is 0 Å². The highest BCUT2D eigenvalue weighted by Crippen LogP contribution is 2.27. The summed E-state index contributed by atoms with van der Waals surface area (Å²) in [5, 5.41) is 3.39. The number of methoxy groups -OCH3 is 2. The molecule has 0 radical (unpaired) electrons. The summed E-state index contributed by atoms with van der Waals surface area (Å²) in [6.07, 6.45) is 1.21. The second-order valence-electron chi connectivity index (χ2n) is 4.24. The maximum absolute atomic E-state index is 5.33. The van der Waals surface area contributed by atoms with Crippen LogP contribution in [0.1, 0.15) is 23.5 Å². The molecule has 0 spiro atoms. The first kappa shape index (κ1) is 11.4. The van der Waals surface area contributed by atoms with Gasteiger partial charge in [0.2, 0.25) is 0 Å². The molecular formula is C13H19NO2. The Morgan fingerprint density at radius 3 is 2.81 bits per heavy atom. The normalized spacial score (nSPS) is 20.0. The van der Waals surface area contributed by atoms with Gasteiger partial charge in [-0.25, -0.2) is 0 Å². The third-order valence-corrected chi connectivity index (χ3v) is 3.07. The summed E-state index contributed by atoms with van der Waals surface area (Å²) in [6.45, 7) is 2.82. The minimum Gasteiger partial charge on any atom is -0.497 e. The first-order valence-electron chi connectivity index (χ1n) is 5.71. The smallest absolute Gasteiger partial charge is 0.119 e. The average molecular weight is 221 g/mol. The molecule has 3 heteroatoms. The summed E-state index contributed by atoms with van der Waals surface area (Å²) >= 11 is 0. The highest BCUT2D eigenvalue weighted by Gasteiger charge is 2.17. The molecule has 16 heavy (non-hydrogen) atoms. The van der Waals surface area contributed by atoms with Crippen LogP contribution in [0.3, 0.4) is 0 Å². The van der Waals surface area contributed by atoms with E-state index in [-0.39, 0.29) is 0 Å². The van der Waals surface area contributed by atoms with Gasteiger partial charge < -0.3 is 14.8 Å². The molecule has 1 aliphatic rings. The first-order valence-corrected chi connectivity index (χ1v) is 5.71. The van der Waals surface area contributed by atoms with Crippen molar-refractivity contribution < 1.29 is 9.47 Å². The molecule has 0 aliphatic carbocycles. The fourth-order valence-electron chi connectivity index (χ4n) is 2.23. The third kappa shape index (κ3) is 2.54. The molecule has 3 nitrogen and oxygen atoms in total. The molecule has 1 heterocycles. The van der Waals surface area contributed by atoms with E-state index < -0.39 is 0 Å². The molecule has 1 fully saturated rings. The van der Waals surface area contributed by atoms with Crippen LogP contribution in [0.25, 0.3) is 0 Å². The number of hydrogen-bond acceptors (Lipinski definition) is 3. The predicted molar refractivity (Wildman–Crippen MR) is 63.9 cm³/mol. The zero-order valence-corrected chi connectivity index (χ0v) is 9.95. The summed E-state index contributed by atoms with van der Waals surface area (Å²) < 4.78 is 10.5. The minimum absolute atomic E-state index is 0.616. The van der Waals surface area contributed by atoms with E-state index in [0.29, 0.717) is 12.5 Å². The van der Waals surface area contributed by atoms with Crippen molar-refractivity contribution in [2.45, 2.75) is 18.9 Å². The molecule has 0 aromatic heterocycles. The van der Waals surface area contributed by atoms with Crippen LogP contribution in [-0.2, 0) is 11.3 Å². The topological polar surface area (TPSA) is 30.5 Å². The number of hydrogen-bond donors (Lipinski definition) is 1. The van der Waals surface area contributed by atoms with E-state index in [1.807, 2.05) is 6.07 Å². The lowest BCUT2D eigenvalue weighted by molar-refractivity contribution is 0.184. The largest absolute Gasteiger partial charge is 0.497 e. The number of benzene rings is 1. The van der Waals surface area contributed by atoms with Gasteiger partial charge in [0.1, 0.15) is 5.75 Å². The van der Waals surface area contributed by atoms with E-state index in [1.54, 1.807) is 14.2 Å². The second-order valence-corrected chi connectivity index (χ2v) is 4.24. The predicted octanol–water partition coefficient (Wildman–Crippen LogP) is 1.92. The Balaban J connectivity index is 2.24. The Labute approximate surface area is 96.8 Å². The van der Waals surface area contributed by atoms with Gasteiger partial charge in [0.15, 0.2) is 0 Å². The SMILES string of the molecule is COCc1cc(OC)cc(C2CCNC2)c1. The summed E-state index contributed by atoms with van der Waals surface area (Å²) in [5.74, 6) is 1.54. The molecule has 0 saturated carbocycles. The van der Waals surface area contributed by atoms with Gasteiger partial charge >= 0.3 is 0 Å². The lowest BCUT2D eigenvalue weighted by Gasteiger charge is -2.13. The van der Waals surface area contributed by atoms with Gasteiger partial charge in [-0.2, -0.15) is 0 Å². The van der Waals surface area contributed by atoms with Gasteiger partial charge in [0.05, 0.1) is 13.7 Å². The molecule has 0 bridgehead atoms. The molecule has 2 rings (SSSR count). The molecule has 1 aliphatic heterocycles. The summed E-state index contributed by atoms with van der Waals surface area (Å²) in [7, 11) is 3.43. The molecule has 1 saturated heterocycles. The van der Waals surface area contributed by atoms with E-state index in [2.05, 4.69) is 17.4 Å². The molecule has 1 atom stereocenters. The molecule has 0 amide bonds.